The molecule has 0 amide bonds. The van der Waals surface area contributed by atoms with Gasteiger partial charge in [-0.3, -0.25) is 0 Å². The highest BCUT2D eigenvalue weighted by molar-refractivity contribution is 6.30. The van der Waals surface area contributed by atoms with Crippen LogP contribution in [0.25, 0.3) is 0 Å². The van der Waals surface area contributed by atoms with Gasteiger partial charge in [-0.1, -0.05) is 31.5 Å². The molecule has 2 heteroatoms. The number of hydrogen-bond donors (Lipinski definition) is 1. The lowest BCUT2D eigenvalue weighted by atomic mass is 9.84. The van der Waals surface area contributed by atoms with Gasteiger partial charge in [0.1, 0.15) is 0 Å². The minimum atomic E-state index is 0.00958. The van der Waals surface area contributed by atoms with Gasteiger partial charge in [-0.2, -0.15) is 0 Å². The van der Waals surface area contributed by atoms with Crippen molar-refractivity contribution in [3.63, 3.8) is 0 Å². The fraction of sp³-hybridized carbons (Fsp3) is 0.455. The van der Waals surface area contributed by atoms with E-state index in [0.717, 1.165) is 5.02 Å². The molecule has 0 aliphatic carbocycles. The van der Waals surface area contributed by atoms with Crippen LogP contribution in [0.4, 0.5) is 0 Å². The molecule has 0 aliphatic heterocycles. The summed E-state index contributed by atoms with van der Waals surface area (Å²) >= 11 is 5.97. The fourth-order valence-corrected chi connectivity index (χ4v) is 1.53. The molecule has 0 heterocycles. The molecule has 0 atom stereocenters. The first kappa shape index (κ1) is 10.6. The number of hydrogen-bond acceptors (Lipinski definition) is 1. The molecule has 0 aromatic heterocycles. The largest absolute Gasteiger partial charge is 0.330 e. The Morgan fingerprint density at radius 2 is 1.92 bits per heavy atom. The standard InChI is InChI=1S/C11H16ClN/c1-8-4-9(6-10(12)5-8)11(2,3)7-13/h4-6H,7,13H2,1-3H3. The highest BCUT2D eigenvalue weighted by Gasteiger charge is 2.18. The van der Waals surface area contributed by atoms with E-state index >= 15 is 0 Å². The van der Waals surface area contributed by atoms with Crippen LogP contribution in [0.2, 0.25) is 5.02 Å². The summed E-state index contributed by atoms with van der Waals surface area (Å²) in [5.41, 5.74) is 8.10. The van der Waals surface area contributed by atoms with Crippen LogP contribution in [0.1, 0.15) is 25.0 Å². The molecule has 1 nitrogen and oxygen atoms in total. The number of aryl methyl sites for hydroxylation is 1. The Bertz CT molecular complexity index is 285. The van der Waals surface area contributed by atoms with Crippen molar-refractivity contribution in [2.75, 3.05) is 6.54 Å². The van der Waals surface area contributed by atoms with E-state index in [1.807, 2.05) is 19.1 Å². The fourth-order valence-electron chi connectivity index (χ4n) is 1.24. The van der Waals surface area contributed by atoms with Gasteiger partial charge in [0, 0.05) is 17.0 Å². The maximum absolute atomic E-state index is 5.97. The quantitative estimate of drug-likeness (QED) is 0.776. The first-order chi connectivity index (χ1) is 5.95. The normalized spacial score (nSPS) is 11.8. The average Bonchev–Trinajstić information content (AvgIpc) is 2.02. The molecular weight excluding hydrogens is 182 g/mol. The zero-order chi connectivity index (χ0) is 10.1. The van der Waals surface area contributed by atoms with Crippen molar-refractivity contribution in [1.29, 1.82) is 0 Å². The summed E-state index contributed by atoms with van der Waals surface area (Å²) in [5.74, 6) is 0. The van der Waals surface area contributed by atoms with Gasteiger partial charge < -0.3 is 5.73 Å². The smallest absolute Gasteiger partial charge is 0.0411 e. The molecule has 0 fully saturated rings. The Morgan fingerprint density at radius 1 is 1.31 bits per heavy atom. The van der Waals surface area contributed by atoms with Crippen LogP contribution < -0.4 is 5.73 Å². The lowest BCUT2D eigenvalue weighted by molar-refractivity contribution is 0.539. The predicted octanol–water partition coefficient (Wildman–Crippen LogP) is 2.88. The molecule has 0 saturated carbocycles. The van der Waals surface area contributed by atoms with Crippen LogP contribution in [0.5, 0.6) is 0 Å². The molecule has 2 N–H and O–H groups in total. The number of rotatable bonds is 2. The Morgan fingerprint density at radius 3 is 2.38 bits per heavy atom. The van der Waals surface area contributed by atoms with Crippen molar-refractivity contribution < 1.29 is 0 Å². The molecule has 1 aromatic carbocycles. The Hall–Kier alpha value is -0.530. The van der Waals surface area contributed by atoms with Crippen LogP contribution in [-0.2, 0) is 5.41 Å². The van der Waals surface area contributed by atoms with Gasteiger partial charge in [0.2, 0.25) is 0 Å². The van der Waals surface area contributed by atoms with Crippen molar-refractivity contribution >= 4 is 11.6 Å². The third-order valence-corrected chi connectivity index (χ3v) is 2.55. The first-order valence-electron chi connectivity index (χ1n) is 4.43. The first-order valence-corrected chi connectivity index (χ1v) is 4.81. The summed E-state index contributed by atoms with van der Waals surface area (Å²) in [5, 5.41) is 0.788. The SMILES string of the molecule is Cc1cc(Cl)cc(C(C)(C)CN)c1. The summed E-state index contributed by atoms with van der Waals surface area (Å²) in [6.07, 6.45) is 0. The summed E-state index contributed by atoms with van der Waals surface area (Å²) in [6, 6.07) is 6.08. The molecule has 0 saturated heterocycles. The molecule has 0 aliphatic rings. The van der Waals surface area contributed by atoms with Crippen molar-refractivity contribution in [3.8, 4) is 0 Å². The Labute approximate surface area is 84.9 Å². The summed E-state index contributed by atoms with van der Waals surface area (Å²) in [6.45, 7) is 6.92. The van der Waals surface area contributed by atoms with E-state index in [1.165, 1.54) is 11.1 Å². The maximum Gasteiger partial charge on any atom is 0.0411 e. The third kappa shape index (κ3) is 2.45. The number of nitrogens with two attached hydrogens (primary N) is 1. The van der Waals surface area contributed by atoms with Gasteiger partial charge >= 0.3 is 0 Å². The van der Waals surface area contributed by atoms with Crippen molar-refractivity contribution in [1.82, 2.24) is 0 Å². The molecule has 0 bridgehead atoms. The molecule has 13 heavy (non-hydrogen) atoms. The molecular formula is C11H16ClN. The van der Waals surface area contributed by atoms with E-state index in [4.69, 9.17) is 17.3 Å². The second-order valence-corrected chi connectivity index (χ2v) is 4.54. The summed E-state index contributed by atoms with van der Waals surface area (Å²) < 4.78 is 0. The monoisotopic (exact) mass is 197 g/mol. The summed E-state index contributed by atoms with van der Waals surface area (Å²) in [4.78, 5) is 0. The topological polar surface area (TPSA) is 26.0 Å². The van der Waals surface area contributed by atoms with Crippen LogP contribution in [-0.4, -0.2) is 6.54 Å². The van der Waals surface area contributed by atoms with Gasteiger partial charge in [0.05, 0.1) is 0 Å². The molecule has 1 rings (SSSR count). The van der Waals surface area contributed by atoms with Crippen LogP contribution in [0.15, 0.2) is 18.2 Å². The molecule has 0 radical (unpaired) electrons. The Kier molecular flexibility index (Phi) is 2.99. The van der Waals surface area contributed by atoms with Gasteiger partial charge in [-0.15, -0.1) is 0 Å². The van der Waals surface area contributed by atoms with Crippen molar-refractivity contribution in [3.05, 3.63) is 34.3 Å². The minimum Gasteiger partial charge on any atom is -0.330 e. The van der Waals surface area contributed by atoms with Crippen molar-refractivity contribution in [2.45, 2.75) is 26.2 Å². The van der Waals surface area contributed by atoms with E-state index in [2.05, 4.69) is 19.9 Å². The number of benzene rings is 1. The van der Waals surface area contributed by atoms with Gasteiger partial charge in [0.25, 0.3) is 0 Å². The predicted molar refractivity (Wildman–Crippen MR) is 58.3 cm³/mol. The van der Waals surface area contributed by atoms with Crippen LogP contribution in [0.3, 0.4) is 0 Å². The summed E-state index contributed by atoms with van der Waals surface area (Å²) in [7, 11) is 0. The second kappa shape index (κ2) is 3.69. The van der Waals surface area contributed by atoms with E-state index in [9.17, 15) is 0 Å². The lowest BCUT2D eigenvalue weighted by Crippen LogP contribution is -2.28. The Balaban J connectivity index is 3.15. The van der Waals surface area contributed by atoms with E-state index < -0.39 is 0 Å². The van der Waals surface area contributed by atoms with E-state index in [0.29, 0.717) is 6.54 Å². The van der Waals surface area contributed by atoms with Crippen LogP contribution >= 0.6 is 11.6 Å². The number of halogens is 1. The van der Waals surface area contributed by atoms with E-state index in [1.54, 1.807) is 0 Å². The zero-order valence-corrected chi connectivity index (χ0v) is 9.15. The second-order valence-electron chi connectivity index (χ2n) is 4.11. The van der Waals surface area contributed by atoms with Gasteiger partial charge in [0.15, 0.2) is 0 Å². The maximum atomic E-state index is 5.97. The molecule has 0 unspecified atom stereocenters. The van der Waals surface area contributed by atoms with Gasteiger partial charge in [-0.05, 0) is 30.2 Å². The molecule has 1 aromatic rings. The minimum absolute atomic E-state index is 0.00958. The highest BCUT2D eigenvalue weighted by atomic mass is 35.5. The van der Waals surface area contributed by atoms with Crippen LogP contribution in [0, 0.1) is 6.92 Å². The zero-order valence-electron chi connectivity index (χ0n) is 8.39. The molecule has 72 valence electrons. The van der Waals surface area contributed by atoms with E-state index in [-0.39, 0.29) is 5.41 Å². The average molecular weight is 198 g/mol. The third-order valence-electron chi connectivity index (χ3n) is 2.33. The highest BCUT2D eigenvalue weighted by Crippen LogP contribution is 2.25. The lowest BCUT2D eigenvalue weighted by Gasteiger charge is -2.23. The molecule has 0 spiro atoms. The van der Waals surface area contributed by atoms with Gasteiger partial charge in [-0.25, -0.2) is 0 Å². The van der Waals surface area contributed by atoms with Crippen molar-refractivity contribution in [2.24, 2.45) is 5.73 Å².